The van der Waals surface area contributed by atoms with Gasteiger partial charge in [-0.05, 0) is 29.8 Å². The van der Waals surface area contributed by atoms with E-state index in [-0.39, 0.29) is 33.8 Å². The van der Waals surface area contributed by atoms with E-state index in [1.165, 1.54) is 42.4 Å². The fraction of sp³-hybridized carbons (Fsp3) is 0.190. The number of halogens is 4. The zero-order chi connectivity index (χ0) is 25.5. The third kappa shape index (κ3) is 4.91. The van der Waals surface area contributed by atoms with Crippen molar-refractivity contribution < 1.29 is 27.1 Å². The van der Waals surface area contributed by atoms with Crippen molar-refractivity contribution in [1.82, 2.24) is 19.1 Å². The number of rotatable bonds is 5. The zero-order valence-corrected chi connectivity index (χ0v) is 18.8. The first-order valence-electron chi connectivity index (χ1n) is 9.79. The first-order valence-corrected chi connectivity index (χ1v) is 10.7. The molecule has 0 saturated heterocycles. The molecule has 0 saturated carbocycles. The molecule has 0 aliphatic carbocycles. The van der Waals surface area contributed by atoms with Crippen molar-refractivity contribution in [2.45, 2.75) is 12.8 Å². The van der Waals surface area contributed by atoms with Gasteiger partial charge in [0.2, 0.25) is 5.91 Å². The molecule has 3 heterocycles. The van der Waals surface area contributed by atoms with Crippen LogP contribution in [0.15, 0.2) is 45.4 Å². The molecule has 4 aromatic rings. The van der Waals surface area contributed by atoms with Gasteiger partial charge in [0, 0.05) is 31.2 Å². The van der Waals surface area contributed by atoms with Gasteiger partial charge in [0.25, 0.3) is 5.56 Å². The van der Waals surface area contributed by atoms with E-state index in [1.807, 2.05) is 0 Å². The lowest BCUT2D eigenvalue weighted by molar-refractivity contribution is -0.275. The second kappa shape index (κ2) is 8.94. The summed E-state index contributed by atoms with van der Waals surface area (Å²) >= 11 is 0.997. The average molecular weight is 509 g/mol. The number of fused-ring (bicyclic) bond motifs is 1. The van der Waals surface area contributed by atoms with Crippen molar-refractivity contribution in [3.63, 3.8) is 0 Å². The summed E-state index contributed by atoms with van der Waals surface area (Å²) in [4.78, 5) is 45.6. The van der Waals surface area contributed by atoms with E-state index in [0.717, 1.165) is 28.0 Å². The number of nitrogens with zero attached hydrogens (tertiary/aromatic N) is 4. The number of nitrogens with one attached hydrogen (secondary N) is 1. The second-order valence-corrected chi connectivity index (χ2v) is 8.19. The van der Waals surface area contributed by atoms with Crippen molar-refractivity contribution in [2.24, 2.45) is 14.1 Å². The number of ether oxygens (including phenoxy) is 1. The molecule has 182 valence electrons. The number of carbonyl (C=O) groups excluding carboxylic acids is 1. The van der Waals surface area contributed by atoms with E-state index in [4.69, 9.17) is 0 Å². The van der Waals surface area contributed by atoms with E-state index < -0.39 is 35.1 Å². The molecular weight excluding hydrogens is 494 g/mol. The summed E-state index contributed by atoms with van der Waals surface area (Å²) in [7, 11) is 2.78. The number of thiazole rings is 1. The molecule has 0 aliphatic rings. The third-order valence-electron chi connectivity index (χ3n) is 4.98. The number of anilines is 1. The number of aromatic nitrogens is 4. The van der Waals surface area contributed by atoms with Crippen molar-refractivity contribution in [3.8, 4) is 17.0 Å². The smallest absolute Gasteiger partial charge is 0.403 e. The number of amides is 1. The molecule has 1 N–H and O–H groups in total. The molecule has 1 aromatic carbocycles. The van der Waals surface area contributed by atoms with E-state index in [2.05, 4.69) is 20.0 Å². The van der Waals surface area contributed by atoms with Gasteiger partial charge in [-0.3, -0.25) is 18.7 Å². The number of hydrogen-bond acceptors (Lipinski definition) is 7. The lowest BCUT2D eigenvalue weighted by Gasteiger charge is -2.10. The van der Waals surface area contributed by atoms with Crippen LogP contribution in [0, 0.1) is 5.82 Å². The Bertz CT molecular complexity index is 1570. The minimum Gasteiger partial charge on any atom is -0.403 e. The molecule has 0 bridgehead atoms. The average Bonchev–Trinajstić information content (AvgIpc) is 3.25. The van der Waals surface area contributed by atoms with Gasteiger partial charge in [-0.2, -0.15) is 0 Å². The lowest BCUT2D eigenvalue weighted by Crippen LogP contribution is -2.37. The first kappa shape index (κ1) is 24.1. The van der Waals surface area contributed by atoms with Crippen LogP contribution in [0.1, 0.15) is 5.56 Å². The number of alkyl halides is 3. The van der Waals surface area contributed by atoms with Crippen molar-refractivity contribution in [1.29, 1.82) is 0 Å². The molecule has 3 aromatic heterocycles. The van der Waals surface area contributed by atoms with Crippen LogP contribution in [0.5, 0.6) is 5.75 Å². The number of carbonyl (C=O) groups is 1. The van der Waals surface area contributed by atoms with E-state index in [1.54, 1.807) is 0 Å². The largest absolute Gasteiger partial charge is 0.573 e. The quantitative estimate of drug-likeness (QED) is 0.415. The van der Waals surface area contributed by atoms with E-state index in [9.17, 15) is 31.9 Å². The Kier molecular flexibility index (Phi) is 6.15. The van der Waals surface area contributed by atoms with Crippen LogP contribution in [-0.4, -0.2) is 31.4 Å². The molecule has 14 heteroatoms. The minimum atomic E-state index is -5.06. The summed E-state index contributed by atoms with van der Waals surface area (Å²) < 4.78 is 56.9. The van der Waals surface area contributed by atoms with Crippen LogP contribution in [0.4, 0.5) is 22.7 Å². The second-order valence-electron chi connectivity index (χ2n) is 7.33. The predicted octanol–water partition coefficient (Wildman–Crippen LogP) is 2.97. The number of pyridine rings is 1. The molecule has 0 aliphatic heterocycles. The Balaban J connectivity index is 1.56. The topological polar surface area (TPSA) is 108 Å². The van der Waals surface area contributed by atoms with Gasteiger partial charge in [-0.15, -0.1) is 24.5 Å². The minimum absolute atomic E-state index is 0.121. The highest BCUT2D eigenvalue weighted by molar-refractivity contribution is 7.14. The Morgan fingerprint density at radius 3 is 2.63 bits per heavy atom. The molecule has 0 spiro atoms. The van der Waals surface area contributed by atoms with Crippen molar-refractivity contribution in [2.75, 3.05) is 5.32 Å². The summed E-state index contributed by atoms with van der Waals surface area (Å²) in [5, 5.41) is 4.27. The molecule has 4 rings (SSSR count). The van der Waals surface area contributed by atoms with Gasteiger partial charge in [0.05, 0.1) is 17.5 Å². The summed E-state index contributed by atoms with van der Waals surface area (Å²) in [6.45, 7) is 0. The number of hydrogen-bond donors (Lipinski definition) is 1. The Labute approximate surface area is 197 Å². The van der Waals surface area contributed by atoms with Crippen molar-refractivity contribution >= 4 is 33.4 Å². The maximum absolute atomic E-state index is 13.7. The maximum Gasteiger partial charge on any atom is 0.573 e. The first-order chi connectivity index (χ1) is 16.4. The van der Waals surface area contributed by atoms with Gasteiger partial charge in [0.1, 0.15) is 5.65 Å². The SMILES string of the molecule is Cn1c(=O)c2c(CC(=O)Nc3nc(-c4ccc(F)c(OC(F)(F)F)c4)cs3)ccnc2n(C)c1=O. The zero-order valence-electron chi connectivity index (χ0n) is 18.0. The van der Waals surface area contributed by atoms with Crippen LogP contribution in [0.25, 0.3) is 22.3 Å². The monoisotopic (exact) mass is 509 g/mol. The molecular formula is C21H15F4N5O4S. The summed E-state index contributed by atoms with van der Waals surface area (Å²) in [6, 6.07) is 4.38. The fourth-order valence-corrected chi connectivity index (χ4v) is 4.10. The molecule has 1 amide bonds. The number of aryl methyl sites for hydroxylation is 1. The van der Waals surface area contributed by atoms with Crippen LogP contribution in [0.2, 0.25) is 0 Å². The van der Waals surface area contributed by atoms with Gasteiger partial charge in [0.15, 0.2) is 16.7 Å². The van der Waals surface area contributed by atoms with E-state index in [0.29, 0.717) is 5.56 Å². The maximum atomic E-state index is 13.7. The molecule has 0 fully saturated rings. The highest BCUT2D eigenvalue weighted by Crippen LogP contribution is 2.32. The van der Waals surface area contributed by atoms with Crippen LogP contribution in [0.3, 0.4) is 0 Å². The Morgan fingerprint density at radius 2 is 1.91 bits per heavy atom. The van der Waals surface area contributed by atoms with E-state index >= 15 is 0 Å². The molecule has 0 unspecified atom stereocenters. The molecule has 35 heavy (non-hydrogen) atoms. The predicted molar refractivity (Wildman–Crippen MR) is 119 cm³/mol. The van der Waals surface area contributed by atoms with Crippen LogP contribution >= 0.6 is 11.3 Å². The van der Waals surface area contributed by atoms with Gasteiger partial charge < -0.3 is 10.1 Å². The van der Waals surface area contributed by atoms with Gasteiger partial charge in [-0.25, -0.2) is 19.2 Å². The summed E-state index contributed by atoms with van der Waals surface area (Å²) in [6.07, 6.45) is -3.92. The van der Waals surface area contributed by atoms with Crippen molar-refractivity contribution in [3.05, 3.63) is 68.1 Å². The highest BCUT2D eigenvalue weighted by atomic mass is 32.1. The Morgan fingerprint density at radius 1 is 1.17 bits per heavy atom. The molecule has 9 nitrogen and oxygen atoms in total. The normalized spacial score (nSPS) is 11.6. The van der Waals surface area contributed by atoms with Crippen LogP contribution < -0.4 is 21.3 Å². The third-order valence-corrected chi connectivity index (χ3v) is 5.74. The van der Waals surface area contributed by atoms with Crippen LogP contribution in [-0.2, 0) is 25.3 Å². The fourth-order valence-electron chi connectivity index (χ4n) is 3.36. The van der Waals surface area contributed by atoms with Gasteiger partial charge >= 0.3 is 12.1 Å². The molecule has 0 radical (unpaired) electrons. The Hall–Kier alpha value is -4.07. The lowest BCUT2D eigenvalue weighted by atomic mass is 10.1. The molecule has 0 atom stereocenters. The summed E-state index contributed by atoms with van der Waals surface area (Å²) in [5.74, 6) is -2.73. The number of benzene rings is 1. The summed E-state index contributed by atoms with van der Waals surface area (Å²) in [5.41, 5.74) is -0.344. The standard InChI is InChI=1S/C21H15F4N5O4S/c1-29-17-16(18(32)30(2)20(29)33)11(5-6-26-17)8-15(31)28-19-27-13(9-35-19)10-3-4-12(22)14(7-10)34-21(23,24)25/h3-7,9H,8H2,1-2H3,(H,27,28,31). The van der Waals surface area contributed by atoms with Gasteiger partial charge in [-0.1, -0.05) is 0 Å². The highest BCUT2D eigenvalue weighted by Gasteiger charge is 2.32.